The summed E-state index contributed by atoms with van der Waals surface area (Å²) in [5, 5.41) is 8.78. The molecule has 0 radical (unpaired) electrons. The van der Waals surface area contributed by atoms with Crippen molar-refractivity contribution in [2.45, 2.75) is 19.4 Å². The molecule has 1 aliphatic heterocycles. The second-order valence-corrected chi connectivity index (χ2v) is 7.11. The van der Waals surface area contributed by atoms with E-state index >= 15 is 0 Å². The zero-order chi connectivity index (χ0) is 20.0. The third kappa shape index (κ3) is 3.08. The summed E-state index contributed by atoms with van der Waals surface area (Å²) >= 11 is 0. The smallest absolute Gasteiger partial charge is 0.265 e. The van der Waals surface area contributed by atoms with Crippen LogP contribution in [0, 0.1) is 0 Å². The van der Waals surface area contributed by atoms with Gasteiger partial charge in [0, 0.05) is 16.6 Å². The van der Waals surface area contributed by atoms with E-state index in [0.29, 0.717) is 17.1 Å². The number of carbonyl (C=O) groups excluding carboxylic acids is 2. The van der Waals surface area contributed by atoms with E-state index in [1.165, 1.54) is 0 Å². The SMILES string of the molecule is C[C@H]1Oc2ccc(NC(=O)Cc3coc4ccc5ccccc5c34)cc2NC1=O. The zero-order valence-electron chi connectivity index (χ0n) is 15.7. The van der Waals surface area contributed by atoms with Crippen LogP contribution in [0.3, 0.4) is 0 Å². The molecule has 6 heteroatoms. The maximum atomic E-state index is 12.7. The average Bonchev–Trinajstić information content (AvgIpc) is 3.12. The molecule has 2 heterocycles. The number of anilines is 2. The van der Waals surface area contributed by atoms with Gasteiger partial charge in [-0.2, -0.15) is 0 Å². The quantitative estimate of drug-likeness (QED) is 0.544. The number of hydrogen-bond acceptors (Lipinski definition) is 4. The van der Waals surface area contributed by atoms with Crippen molar-refractivity contribution in [3.05, 3.63) is 66.4 Å². The van der Waals surface area contributed by atoms with Gasteiger partial charge in [-0.05, 0) is 42.0 Å². The first kappa shape index (κ1) is 17.3. The number of furan rings is 1. The second kappa shape index (κ2) is 6.67. The van der Waals surface area contributed by atoms with Crippen LogP contribution in [0.5, 0.6) is 5.75 Å². The van der Waals surface area contributed by atoms with Gasteiger partial charge in [-0.3, -0.25) is 9.59 Å². The van der Waals surface area contributed by atoms with E-state index in [2.05, 4.69) is 10.6 Å². The third-order valence-corrected chi connectivity index (χ3v) is 5.09. The molecule has 1 atom stereocenters. The summed E-state index contributed by atoms with van der Waals surface area (Å²) in [4.78, 5) is 24.5. The molecule has 0 bridgehead atoms. The summed E-state index contributed by atoms with van der Waals surface area (Å²) in [5.41, 5.74) is 2.72. The standard InChI is InChI=1S/C23H18N2O4/c1-13-23(27)25-18-11-16(7-9-19(18)29-13)24-21(26)10-15-12-28-20-8-6-14-4-2-3-5-17(14)22(15)20/h2-9,11-13H,10H2,1H3,(H,24,26)(H,25,27)/t13-/m1/s1. The minimum atomic E-state index is -0.535. The van der Waals surface area contributed by atoms with E-state index in [1.807, 2.05) is 36.4 Å². The number of fused-ring (bicyclic) bond motifs is 4. The van der Waals surface area contributed by atoms with Crippen molar-refractivity contribution in [2.24, 2.45) is 0 Å². The minimum absolute atomic E-state index is 0.169. The molecule has 0 aliphatic carbocycles. The van der Waals surface area contributed by atoms with Gasteiger partial charge in [-0.1, -0.05) is 30.3 Å². The maximum Gasteiger partial charge on any atom is 0.265 e. The molecule has 2 amide bonds. The van der Waals surface area contributed by atoms with Crippen molar-refractivity contribution in [3.63, 3.8) is 0 Å². The van der Waals surface area contributed by atoms with Crippen LogP contribution in [0.1, 0.15) is 12.5 Å². The molecular formula is C23H18N2O4. The zero-order valence-corrected chi connectivity index (χ0v) is 15.7. The van der Waals surface area contributed by atoms with E-state index in [4.69, 9.17) is 9.15 Å². The van der Waals surface area contributed by atoms with Crippen molar-refractivity contribution in [2.75, 3.05) is 10.6 Å². The van der Waals surface area contributed by atoms with Crippen LogP contribution in [0.25, 0.3) is 21.7 Å². The van der Waals surface area contributed by atoms with Gasteiger partial charge >= 0.3 is 0 Å². The summed E-state index contributed by atoms with van der Waals surface area (Å²) in [6.45, 7) is 1.69. The molecule has 144 valence electrons. The predicted octanol–water partition coefficient (Wildman–Crippen LogP) is 4.49. The van der Waals surface area contributed by atoms with E-state index in [1.54, 1.807) is 31.4 Å². The number of amides is 2. The molecular weight excluding hydrogens is 368 g/mol. The number of ether oxygens (including phenoxy) is 1. The summed E-state index contributed by atoms with van der Waals surface area (Å²) in [6.07, 6.45) is 1.28. The van der Waals surface area contributed by atoms with E-state index < -0.39 is 6.10 Å². The van der Waals surface area contributed by atoms with Gasteiger partial charge in [0.25, 0.3) is 5.91 Å². The van der Waals surface area contributed by atoms with Crippen LogP contribution in [0.4, 0.5) is 11.4 Å². The van der Waals surface area contributed by atoms with Crippen LogP contribution < -0.4 is 15.4 Å². The molecule has 1 aliphatic rings. The van der Waals surface area contributed by atoms with Gasteiger partial charge < -0.3 is 19.8 Å². The number of carbonyl (C=O) groups is 2. The Bertz CT molecular complexity index is 1270. The molecule has 0 saturated carbocycles. The lowest BCUT2D eigenvalue weighted by Crippen LogP contribution is -2.34. The molecule has 2 N–H and O–H groups in total. The summed E-state index contributed by atoms with van der Waals surface area (Å²) < 4.78 is 11.2. The first-order valence-corrected chi connectivity index (χ1v) is 9.38. The van der Waals surface area contributed by atoms with Gasteiger partial charge in [-0.25, -0.2) is 0 Å². The molecule has 3 aromatic carbocycles. The predicted molar refractivity (Wildman–Crippen MR) is 111 cm³/mol. The van der Waals surface area contributed by atoms with Crippen LogP contribution in [0.15, 0.2) is 65.3 Å². The Kier molecular flexibility index (Phi) is 3.98. The van der Waals surface area contributed by atoms with Crippen LogP contribution >= 0.6 is 0 Å². The summed E-state index contributed by atoms with van der Waals surface area (Å²) in [7, 11) is 0. The monoisotopic (exact) mass is 386 g/mol. The number of hydrogen-bond donors (Lipinski definition) is 2. The maximum absolute atomic E-state index is 12.7. The lowest BCUT2D eigenvalue weighted by Gasteiger charge is -2.23. The molecule has 5 rings (SSSR count). The Hall–Kier alpha value is -3.80. The van der Waals surface area contributed by atoms with Gasteiger partial charge in [-0.15, -0.1) is 0 Å². The highest BCUT2D eigenvalue weighted by atomic mass is 16.5. The number of benzene rings is 3. The average molecular weight is 386 g/mol. The number of rotatable bonds is 3. The Balaban J connectivity index is 1.40. The Morgan fingerprint density at radius 3 is 2.90 bits per heavy atom. The lowest BCUT2D eigenvalue weighted by molar-refractivity contribution is -0.122. The normalized spacial score (nSPS) is 15.6. The first-order valence-electron chi connectivity index (χ1n) is 9.38. The third-order valence-electron chi connectivity index (χ3n) is 5.09. The Morgan fingerprint density at radius 1 is 1.14 bits per heavy atom. The lowest BCUT2D eigenvalue weighted by atomic mass is 10.0. The molecule has 0 spiro atoms. The summed E-state index contributed by atoms with van der Waals surface area (Å²) in [5.74, 6) is 0.206. The van der Waals surface area contributed by atoms with Crippen molar-refractivity contribution in [3.8, 4) is 5.75 Å². The highest BCUT2D eigenvalue weighted by Gasteiger charge is 2.23. The molecule has 1 aromatic heterocycles. The van der Waals surface area contributed by atoms with Crippen molar-refractivity contribution < 1.29 is 18.7 Å². The Labute approximate surface area is 166 Å². The number of nitrogens with one attached hydrogen (secondary N) is 2. The first-order chi connectivity index (χ1) is 14.1. The fraction of sp³-hybridized carbons (Fsp3) is 0.130. The minimum Gasteiger partial charge on any atom is -0.479 e. The van der Waals surface area contributed by atoms with E-state index in [0.717, 1.165) is 27.3 Å². The van der Waals surface area contributed by atoms with Gasteiger partial charge in [0.2, 0.25) is 5.91 Å². The fourth-order valence-corrected chi connectivity index (χ4v) is 3.67. The molecule has 0 unspecified atom stereocenters. The molecule has 0 saturated heterocycles. The van der Waals surface area contributed by atoms with Gasteiger partial charge in [0.1, 0.15) is 11.3 Å². The second-order valence-electron chi connectivity index (χ2n) is 7.11. The van der Waals surface area contributed by atoms with E-state index in [-0.39, 0.29) is 18.2 Å². The highest BCUT2D eigenvalue weighted by Crippen LogP contribution is 2.33. The van der Waals surface area contributed by atoms with Crippen molar-refractivity contribution in [1.29, 1.82) is 0 Å². The van der Waals surface area contributed by atoms with Crippen molar-refractivity contribution >= 4 is 44.9 Å². The van der Waals surface area contributed by atoms with Crippen LogP contribution in [0.2, 0.25) is 0 Å². The van der Waals surface area contributed by atoms with Gasteiger partial charge in [0.05, 0.1) is 18.4 Å². The summed E-state index contributed by atoms with van der Waals surface area (Å²) in [6, 6.07) is 17.1. The topological polar surface area (TPSA) is 80.6 Å². The highest BCUT2D eigenvalue weighted by molar-refractivity contribution is 6.09. The van der Waals surface area contributed by atoms with Crippen LogP contribution in [-0.4, -0.2) is 17.9 Å². The molecule has 4 aromatic rings. The molecule has 0 fully saturated rings. The fourth-order valence-electron chi connectivity index (χ4n) is 3.67. The van der Waals surface area contributed by atoms with E-state index in [9.17, 15) is 9.59 Å². The Morgan fingerprint density at radius 2 is 2.00 bits per heavy atom. The van der Waals surface area contributed by atoms with Gasteiger partial charge in [0.15, 0.2) is 6.10 Å². The van der Waals surface area contributed by atoms with Crippen LogP contribution in [-0.2, 0) is 16.0 Å². The molecule has 6 nitrogen and oxygen atoms in total. The largest absolute Gasteiger partial charge is 0.479 e. The van der Waals surface area contributed by atoms with Crippen molar-refractivity contribution in [1.82, 2.24) is 0 Å². The molecule has 29 heavy (non-hydrogen) atoms.